The number of carbonyl (C=O) groups excluding carboxylic acids is 1. The highest BCUT2D eigenvalue weighted by Crippen LogP contribution is 2.13. The molecule has 0 spiro atoms. The van der Waals surface area contributed by atoms with Gasteiger partial charge in [0, 0.05) is 12.4 Å². The van der Waals surface area contributed by atoms with E-state index in [9.17, 15) is 18.0 Å². The summed E-state index contributed by atoms with van der Waals surface area (Å²) in [5, 5.41) is 3.46. The van der Waals surface area contributed by atoms with Crippen LogP contribution in [0.5, 0.6) is 0 Å². The van der Waals surface area contributed by atoms with Crippen molar-refractivity contribution in [2.75, 3.05) is 0 Å². The third-order valence-corrected chi connectivity index (χ3v) is 1.27. The second-order valence-corrected chi connectivity index (χ2v) is 2.19. The summed E-state index contributed by atoms with van der Waals surface area (Å²) in [5.74, 6) is -2.56. The summed E-state index contributed by atoms with van der Waals surface area (Å²) in [5.41, 5.74) is 0. The quantitative estimate of drug-likeness (QED) is 0.714. The molecule has 1 rings (SSSR count). The molecule has 0 aliphatic carbocycles. The molecule has 0 fully saturated rings. The first-order valence-electron chi connectivity index (χ1n) is 3.33. The average Bonchev–Trinajstić information content (AvgIpc) is 2.55. The van der Waals surface area contributed by atoms with Crippen molar-refractivity contribution < 1.29 is 18.0 Å². The molecule has 6 heteroatoms. The number of aromatic nitrogens is 2. The van der Waals surface area contributed by atoms with Gasteiger partial charge in [0.05, 0.1) is 6.42 Å². The highest BCUT2D eigenvalue weighted by Gasteiger charge is 2.12. The molecule has 0 radical (unpaired) electrons. The third-order valence-electron chi connectivity index (χ3n) is 1.27. The van der Waals surface area contributed by atoms with Gasteiger partial charge in [-0.3, -0.25) is 4.79 Å². The lowest BCUT2D eigenvalue weighted by Crippen LogP contribution is -2.10. The summed E-state index contributed by atoms with van der Waals surface area (Å²) < 4.78 is 36.1. The van der Waals surface area contributed by atoms with E-state index in [2.05, 4.69) is 5.10 Å². The Bertz CT molecular complexity index is 328. The van der Waals surface area contributed by atoms with Crippen LogP contribution in [0.15, 0.2) is 30.4 Å². The topological polar surface area (TPSA) is 34.9 Å². The Morgan fingerprint density at radius 1 is 1.38 bits per heavy atom. The van der Waals surface area contributed by atoms with E-state index in [1.807, 2.05) is 0 Å². The zero-order chi connectivity index (χ0) is 9.84. The number of hydrogen-bond donors (Lipinski definition) is 0. The van der Waals surface area contributed by atoms with E-state index >= 15 is 0 Å². The van der Waals surface area contributed by atoms with Crippen LogP contribution in [0.3, 0.4) is 0 Å². The van der Waals surface area contributed by atoms with Gasteiger partial charge in [-0.05, 0) is 6.07 Å². The van der Waals surface area contributed by atoms with Crippen LogP contribution in [0.4, 0.5) is 13.2 Å². The number of hydrogen-bond acceptors (Lipinski definition) is 2. The van der Waals surface area contributed by atoms with Crippen molar-refractivity contribution in [3.8, 4) is 0 Å². The van der Waals surface area contributed by atoms with Crippen molar-refractivity contribution in [2.24, 2.45) is 0 Å². The fourth-order valence-electron chi connectivity index (χ4n) is 0.697. The number of carbonyl (C=O) groups is 1. The van der Waals surface area contributed by atoms with Gasteiger partial charge in [-0.15, -0.1) is 0 Å². The first-order chi connectivity index (χ1) is 6.11. The molecule has 0 aromatic carbocycles. The van der Waals surface area contributed by atoms with E-state index in [-0.39, 0.29) is 0 Å². The lowest BCUT2D eigenvalue weighted by atomic mass is 10.4. The van der Waals surface area contributed by atoms with E-state index < -0.39 is 24.2 Å². The van der Waals surface area contributed by atoms with Crippen LogP contribution in [0.25, 0.3) is 0 Å². The molecule has 0 amide bonds. The van der Waals surface area contributed by atoms with Crippen LogP contribution in [-0.2, 0) is 0 Å². The van der Waals surface area contributed by atoms with E-state index in [1.54, 1.807) is 0 Å². The molecule has 1 heterocycles. The molecule has 13 heavy (non-hydrogen) atoms. The van der Waals surface area contributed by atoms with Gasteiger partial charge in [0.2, 0.25) is 0 Å². The summed E-state index contributed by atoms with van der Waals surface area (Å²) >= 11 is 0. The highest BCUT2D eigenvalue weighted by molar-refractivity contribution is 5.79. The van der Waals surface area contributed by atoms with Gasteiger partial charge >= 0.3 is 6.08 Å². The number of rotatable bonds is 2. The van der Waals surface area contributed by atoms with Gasteiger partial charge in [-0.25, -0.2) is 9.07 Å². The fourth-order valence-corrected chi connectivity index (χ4v) is 0.697. The van der Waals surface area contributed by atoms with Crippen LogP contribution < -0.4 is 0 Å². The van der Waals surface area contributed by atoms with Crippen molar-refractivity contribution in [1.82, 2.24) is 9.78 Å². The molecule has 1 aromatic rings. The predicted octanol–water partition coefficient (Wildman–Crippen LogP) is 1.99. The number of nitrogens with zero attached hydrogens (tertiary/aromatic N) is 2. The standard InChI is InChI=1S/C7H5F3N2O/c8-5(7(9)10)4-6(13)12-3-1-2-11-12/h1-3H,4H2. The molecular formula is C7H5F3N2O. The first kappa shape index (κ1) is 9.50. The zero-order valence-corrected chi connectivity index (χ0v) is 6.38. The molecule has 3 nitrogen and oxygen atoms in total. The zero-order valence-electron chi connectivity index (χ0n) is 6.38. The Hall–Kier alpha value is -1.59. The van der Waals surface area contributed by atoms with Gasteiger partial charge in [-0.1, -0.05) is 0 Å². The van der Waals surface area contributed by atoms with E-state index in [1.165, 1.54) is 18.5 Å². The lowest BCUT2D eigenvalue weighted by molar-refractivity contribution is 0.0888. The molecular weight excluding hydrogens is 185 g/mol. The summed E-state index contributed by atoms with van der Waals surface area (Å²) in [6.07, 6.45) is -0.887. The van der Waals surface area contributed by atoms with Gasteiger partial charge in [-0.2, -0.15) is 13.9 Å². The van der Waals surface area contributed by atoms with Crippen molar-refractivity contribution in [1.29, 1.82) is 0 Å². The predicted molar refractivity (Wildman–Crippen MR) is 37.8 cm³/mol. The maximum Gasteiger partial charge on any atom is 0.302 e. The van der Waals surface area contributed by atoms with Crippen LogP contribution in [0.1, 0.15) is 11.2 Å². The van der Waals surface area contributed by atoms with Gasteiger partial charge in [0.25, 0.3) is 5.91 Å². The highest BCUT2D eigenvalue weighted by atomic mass is 19.3. The Morgan fingerprint density at radius 2 is 2.08 bits per heavy atom. The van der Waals surface area contributed by atoms with E-state index in [0.717, 1.165) is 4.68 Å². The summed E-state index contributed by atoms with van der Waals surface area (Å²) in [7, 11) is 0. The summed E-state index contributed by atoms with van der Waals surface area (Å²) in [6.45, 7) is 0. The van der Waals surface area contributed by atoms with Crippen LogP contribution >= 0.6 is 0 Å². The van der Waals surface area contributed by atoms with Gasteiger partial charge in [0.15, 0.2) is 5.83 Å². The van der Waals surface area contributed by atoms with Crippen molar-refractivity contribution in [2.45, 2.75) is 6.42 Å². The smallest absolute Gasteiger partial charge is 0.272 e. The molecule has 0 atom stereocenters. The van der Waals surface area contributed by atoms with Crippen LogP contribution in [0.2, 0.25) is 0 Å². The Balaban J connectivity index is 2.68. The van der Waals surface area contributed by atoms with Gasteiger partial charge in [0.1, 0.15) is 0 Å². The molecule has 0 saturated heterocycles. The lowest BCUT2D eigenvalue weighted by Gasteiger charge is -1.96. The number of halogens is 3. The summed E-state index contributed by atoms with van der Waals surface area (Å²) in [4.78, 5) is 10.9. The van der Waals surface area contributed by atoms with Crippen molar-refractivity contribution in [3.05, 3.63) is 30.4 Å². The van der Waals surface area contributed by atoms with Crippen molar-refractivity contribution >= 4 is 5.91 Å². The molecule has 0 saturated carbocycles. The van der Waals surface area contributed by atoms with Crippen LogP contribution in [0, 0.1) is 0 Å². The van der Waals surface area contributed by atoms with E-state index in [0.29, 0.717) is 0 Å². The second-order valence-electron chi connectivity index (χ2n) is 2.19. The molecule has 1 aromatic heterocycles. The molecule has 0 aliphatic heterocycles. The Labute approximate surface area is 71.5 Å². The minimum absolute atomic E-state index is 0.794. The number of allylic oxidation sites excluding steroid dienone is 1. The molecule has 0 unspecified atom stereocenters. The minimum atomic E-state index is -2.47. The van der Waals surface area contributed by atoms with E-state index in [4.69, 9.17) is 0 Å². The SMILES string of the molecule is O=C(CC(F)=C(F)F)n1cccn1. The molecule has 0 aliphatic rings. The van der Waals surface area contributed by atoms with Gasteiger partial charge < -0.3 is 0 Å². The third kappa shape index (κ3) is 2.43. The molecule has 70 valence electrons. The fraction of sp³-hybridized carbons (Fsp3) is 0.143. The molecule has 0 N–H and O–H groups in total. The molecule has 0 bridgehead atoms. The normalized spacial score (nSPS) is 9.77. The Morgan fingerprint density at radius 3 is 2.54 bits per heavy atom. The summed E-state index contributed by atoms with van der Waals surface area (Å²) in [6, 6.07) is 1.44. The Kier molecular flexibility index (Phi) is 2.84. The van der Waals surface area contributed by atoms with Crippen LogP contribution in [-0.4, -0.2) is 15.7 Å². The largest absolute Gasteiger partial charge is 0.302 e. The van der Waals surface area contributed by atoms with Crippen molar-refractivity contribution in [3.63, 3.8) is 0 Å². The second kappa shape index (κ2) is 3.88. The monoisotopic (exact) mass is 190 g/mol. The maximum atomic E-state index is 12.2. The minimum Gasteiger partial charge on any atom is -0.272 e. The first-order valence-corrected chi connectivity index (χ1v) is 3.33. The maximum absolute atomic E-state index is 12.2. The average molecular weight is 190 g/mol.